The lowest BCUT2D eigenvalue weighted by molar-refractivity contribution is -0.120. The second-order valence-corrected chi connectivity index (χ2v) is 3.89. The van der Waals surface area contributed by atoms with Crippen molar-refractivity contribution in [1.29, 1.82) is 0 Å². The second kappa shape index (κ2) is 5.44. The Morgan fingerprint density at radius 1 is 1.28 bits per heavy atom. The zero-order valence-electron chi connectivity index (χ0n) is 9.54. The molecule has 0 aliphatic rings. The maximum absolute atomic E-state index is 13.3. The van der Waals surface area contributed by atoms with Gasteiger partial charge in [0.15, 0.2) is 11.6 Å². The van der Waals surface area contributed by atoms with Crippen molar-refractivity contribution < 1.29 is 13.6 Å². The van der Waals surface area contributed by atoms with Crippen molar-refractivity contribution in [3.8, 4) is 0 Å². The Morgan fingerprint density at radius 2 is 2.11 bits per heavy atom. The minimum absolute atomic E-state index is 0.0570. The Hall–Kier alpha value is -2.17. The first-order valence-electron chi connectivity index (χ1n) is 5.48. The van der Waals surface area contributed by atoms with Gasteiger partial charge in [-0.1, -0.05) is 12.1 Å². The molecule has 0 spiro atoms. The van der Waals surface area contributed by atoms with E-state index in [1.165, 1.54) is 12.1 Å². The lowest BCUT2D eigenvalue weighted by Crippen LogP contribution is -2.24. The molecule has 18 heavy (non-hydrogen) atoms. The second-order valence-electron chi connectivity index (χ2n) is 3.89. The normalized spacial score (nSPS) is 10.3. The van der Waals surface area contributed by atoms with E-state index in [-0.39, 0.29) is 17.9 Å². The van der Waals surface area contributed by atoms with Gasteiger partial charge in [0.1, 0.15) is 0 Å². The molecule has 2 N–H and O–H groups in total. The first-order chi connectivity index (χ1) is 8.66. The molecule has 2 aromatic rings. The van der Waals surface area contributed by atoms with Crippen molar-refractivity contribution in [3.05, 3.63) is 59.4 Å². The summed E-state index contributed by atoms with van der Waals surface area (Å²) in [4.78, 5) is 14.4. The Balaban J connectivity index is 1.93. The molecule has 0 aliphatic heterocycles. The Bertz CT molecular complexity index is 538. The van der Waals surface area contributed by atoms with E-state index in [1.807, 2.05) is 6.07 Å². The van der Waals surface area contributed by atoms with E-state index in [2.05, 4.69) is 10.3 Å². The molecule has 3 nitrogen and oxygen atoms in total. The number of hydrogen-bond acceptors (Lipinski definition) is 1. The summed E-state index contributed by atoms with van der Waals surface area (Å²) in [5.41, 5.74) is 0.977. The van der Waals surface area contributed by atoms with Gasteiger partial charge in [0, 0.05) is 24.5 Å². The Morgan fingerprint density at radius 3 is 2.83 bits per heavy atom. The van der Waals surface area contributed by atoms with Crippen LogP contribution in [0.1, 0.15) is 11.1 Å². The van der Waals surface area contributed by atoms with Gasteiger partial charge in [-0.2, -0.15) is 0 Å². The molecule has 0 saturated heterocycles. The lowest BCUT2D eigenvalue weighted by Gasteiger charge is -2.05. The monoisotopic (exact) mass is 250 g/mol. The van der Waals surface area contributed by atoms with Crippen LogP contribution in [-0.4, -0.2) is 10.9 Å². The molecule has 1 aromatic carbocycles. The fourth-order valence-corrected chi connectivity index (χ4v) is 1.59. The van der Waals surface area contributed by atoms with Gasteiger partial charge < -0.3 is 10.3 Å². The van der Waals surface area contributed by atoms with Crippen LogP contribution < -0.4 is 5.32 Å². The van der Waals surface area contributed by atoms with Gasteiger partial charge in [0.05, 0.1) is 6.42 Å². The highest BCUT2D eigenvalue weighted by atomic mass is 19.2. The number of benzene rings is 1. The zero-order valence-corrected chi connectivity index (χ0v) is 9.54. The summed E-state index contributed by atoms with van der Waals surface area (Å²) >= 11 is 0. The van der Waals surface area contributed by atoms with E-state index in [0.29, 0.717) is 6.54 Å². The molecule has 0 atom stereocenters. The smallest absolute Gasteiger partial charge is 0.224 e. The maximum Gasteiger partial charge on any atom is 0.224 e. The van der Waals surface area contributed by atoms with Crippen LogP contribution in [0.5, 0.6) is 0 Å². The van der Waals surface area contributed by atoms with Gasteiger partial charge in [-0.15, -0.1) is 0 Å². The van der Waals surface area contributed by atoms with Crippen LogP contribution in [0.2, 0.25) is 0 Å². The molecular weight excluding hydrogens is 238 g/mol. The predicted octanol–water partition coefficient (Wildman–Crippen LogP) is 2.15. The Kier molecular flexibility index (Phi) is 3.72. The van der Waals surface area contributed by atoms with Crippen LogP contribution in [0.15, 0.2) is 36.7 Å². The molecule has 0 bridgehead atoms. The van der Waals surface area contributed by atoms with Crippen molar-refractivity contribution in [2.45, 2.75) is 13.0 Å². The number of halogens is 2. The average Bonchev–Trinajstić information content (AvgIpc) is 2.86. The number of carbonyl (C=O) groups is 1. The molecule has 0 fully saturated rings. The molecule has 0 aliphatic carbocycles. The van der Waals surface area contributed by atoms with E-state index >= 15 is 0 Å². The molecule has 1 heterocycles. The van der Waals surface area contributed by atoms with E-state index in [1.54, 1.807) is 12.4 Å². The number of aromatic amines is 1. The number of amides is 1. The first-order valence-corrected chi connectivity index (χ1v) is 5.48. The number of aromatic nitrogens is 1. The summed E-state index contributed by atoms with van der Waals surface area (Å²) in [5.74, 6) is -2.25. The van der Waals surface area contributed by atoms with Crippen molar-refractivity contribution in [2.75, 3.05) is 0 Å². The number of rotatable bonds is 4. The fraction of sp³-hybridized carbons (Fsp3) is 0.154. The molecule has 0 unspecified atom stereocenters. The lowest BCUT2D eigenvalue weighted by atomic mass is 10.1. The van der Waals surface area contributed by atoms with Crippen LogP contribution in [0.25, 0.3) is 0 Å². The highest BCUT2D eigenvalue weighted by Crippen LogP contribution is 2.11. The van der Waals surface area contributed by atoms with Crippen LogP contribution in [-0.2, 0) is 17.8 Å². The number of hydrogen-bond donors (Lipinski definition) is 2. The van der Waals surface area contributed by atoms with Crippen molar-refractivity contribution in [1.82, 2.24) is 10.3 Å². The summed E-state index contributed by atoms with van der Waals surface area (Å²) in [6.07, 6.45) is 3.32. The minimum atomic E-state index is -0.964. The first kappa shape index (κ1) is 12.3. The number of nitrogens with one attached hydrogen (secondary N) is 2. The highest BCUT2D eigenvalue weighted by molar-refractivity contribution is 5.78. The summed E-state index contributed by atoms with van der Waals surface area (Å²) in [7, 11) is 0. The third-order valence-electron chi connectivity index (χ3n) is 2.53. The largest absolute Gasteiger partial charge is 0.367 e. The molecule has 1 aromatic heterocycles. The molecule has 0 radical (unpaired) electrons. The third kappa shape index (κ3) is 2.94. The van der Waals surface area contributed by atoms with Gasteiger partial charge in [-0.3, -0.25) is 4.79 Å². The summed E-state index contributed by atoms with van der Waals surface area (Å²) in [6, 6.07) is 5.63. The molecule has 94 valence electrons. The highest BCUT2D eigenvalue weighted by Gasteiger charge is 2.11. The number of carbonyl (C=O) groups excluding carboxylic acids is 1. The maximum atomic E-state index is 13.3. The van der Waals surface area contributed by atoms with E-state index < -0.39 is 11.6 Å². The van der Waals surface area contributed by atoms with Gasteiger partial charge in [0.2, 0.25) is 5.91 Å². The molecule has 5 heteroatoms. The molecule has 2 rings (SSSR count). The fourth-order valence-electron chi connectivity index (χ4n) is 1.59. The van der Waals surface area contributed by atoms with Crippen molar-refractivity contribution in [3.63, 3.8) is 0 Å². The topological polar surface area (TPSA) is 44.9 Å². The summed E-state index contributed by atoms with van der Waals surface area (Å²) < 4.78 is 26.2. The third-order valence-corrected chi connectivity index (χ3v) is 2.53. The van der Waals surface area contributed by atoms with Gasteiger partial charge in [-0.05, 0) is 17.7 Å². The quantitative estimate of drug-likeness (QED) is 0.858. The standard InChI is InChI=1S/C13H12F2N2O/c14-11-3-1-2-10(13(11)15)6-12(18)17-8-9-4-5-16-7-9/h1-5,7,16H,6,8H2,(H,17,18). The van der Waals surface area contributed by atoms with Gasteiger partial charge >= 0.3 is 0 Å². The van der Waals surface area contributed by atoms with Crippen molar-refractivity contribution >= 4 is 5.91 Å². The molecule has 1 amide bonds. The average molecular weight is 250 g/mol. The van der Waals surface area contributed by atoms with E-state index in [0.717, 1.165) is 11.6 Å². The summed E-state index contributed by atoms with van der Waals surface area (Å²) in [6.45, 7) is 0.360. The minimum Gasteiger partial charge on any atom is -0.367 e. The van der Waals surface area contributed by atoms with Crippen LogP contribution in [0, 0.1) is 11.6 Å². The number of H-pyrrole nitrogens is 1. The van der Waals surface area contributed by atoms with Gasteiger partial charge in [0.25, 0.3) is 0 Å². The van der Waals surface area contributed by atoms with E-state index in [4.69, 9.17) is 0 Å². The molecule has 0 saturated carbocycles. The van der Waals surface area contributed by atoms with Crippen LogP contribution >= 0.6 is 0 Å². The Labute approximate surface area is 103 Å². The van der Waals surface area contributed by atoms with Crippen LogP contribution in [0.3, 0.4) is 0 Å². The predicted molar refractivity (Wildman–Crippen MR) is 62.7 cm³/mol. The molecular formula is C13H12F2N2O. The van der Waals surface area contributed by atoms with Crippen LogP contribution in [0.4, 0.5) is 8.78 Å². The van der Waals surface area contributed by atoms with E-state index in [9.17, 15) is 13.6 Å². The summed E-state index contributed by atoms with van der Waals surface area (Å²) in [5, 5.41) is 2.63. The zero-order chi connectivity index (χ0) is 13.0. The van der Waals surface area contributed by atoms with Gasteiger partial charge in [-0.25, -0.2) is 8.78 Å². The van der Waals surface area contributed by atoms with Crippen molar-refractivity contribution in [2.24, 2.45) is 0 Å². The SMILES string of the molecule is O=C(Cc1cccc(F)c1F)NCc1cc[nH]c1.